The highest BCUT2D eigenvalue weighted by atomic mass is 16.7. The smallest absolute Gasteiger partial charge is 0.253 e. The number of likely N-dealkylation sites (tertiary alicyclic amines) is 1. The van der Waals surface area contributed by atoms with Gasteiger partial charge in [0.15, 0.2) is 11.5 Å². The first kappa shape index (κ1) is 20.0. The fourth-order valence-electron chi connectivity index (χ4n) is 3.97. The predicted molar refractivity (Wildman–Crippen MR) is 114 cm³/mol. The van der Waals surface area contributed by atoms with E-state index in [2.05, 4.69) is 15.5 Å². The summed E-state index contributed by atoms with van der Waals surface area (Å²) in [4.78, 5) is 30.4. The molecule has 3 heterocycles. The van der Waals surface area contributed by atoms with Gasteiger partial charge in [-0.1, -0.05) is 5.16 Å². The molecule has 1 N–H and O–H groups in total. The maximum atomic E-state index is 12.9. The minimum Gasteiger partial charge on any atom is -0.454 e. The van der Waals surface area contributed by atoms with Gasteiger partial charge in [0, 0.05) is 42.7 Å². The number of amides is 2. The SMILES string of the molecule is CC(=O)Nc1ccc(-c2noc(C3CCN(C(=O)c4ccc5c(c4)OCO5)CC3)n2)cc1. The van der Waals surface area contributed by atoms with Crippen LogP contribution >= 0.6 is 0 Å². The summed E-state index contributed by atoms with van der Waals surface area (Å²) < 4.78 is 16.2. The minimum absolute atomic E-state index is 0.0211. The van der Waals surface area contributed by atoms with Gasteiger partial charge in [0.05, 0.1) is 0 Å². The second-order valence-corrected chi connectivity index (χ2v) is 7.85. The van der Waals surface area contributed by atoms with E-state index >= 15 is 0 Å². The van der Waals surface area contributed by atoms with E-state index in [0.717, 1.165) is 18.4 Å². The van der Waals surface area contributed by atoms with Crippen molar-refractivity contribution >= 4 is 17.5 Å². The molecule has 32 heavy (non-hydrogen) atoms. The van der Waals surface area contributed by atoms with Crippen LogP contribution in [0.1, 0.15) is 41.9 Å². The summed E-state index contributed by atoms with van der Waals surface area (Å²) in [6.07, 6.45) is 1.50. The first-order valence-electron chi connectivity index (χ1n) is 10.5. The standard InChI is InChI=1S/C23H22N4O5/c1-14(28)24-18-5-2-15(3-6-18)21-25-22(32-26-21)16-8-10-27(11-9-16)23(29)17-4-7-19-20(12-17)31-13-30-19/h2-7,12,16H,8-11,13H2,1H3,(H,24,28). The molecule has 2 aromatic carbocycles. The summed E-state index contributed by atoms with van der Waals surface area (Å²) in [6, 6.07) is 12.5. The maximum absolute atomic E-state index is 12.9. The van der Waals surface area contributed by atoms with Crippen LogP contribution in [0.15, 0.2) is 47.0 Å². The first-order chi connectivity index (χ1) is 15.6. The van der Waals surface area contributed by atoms with E-state index in [1.807, 2.05) is 17.0 Å². The summed E-state index contributed by atoms with van der Waals surface area (Å²) in [7, 11) is 0. The fourth-order valence-corrected chi connectivity index (χ4v) is 3.97. The van der Waals surface area contributed by atoms with E-state index < -0.39 is 0 Å². The second-order valence-electron chi connectivity index (χ2n) is 7.85. The Morgan fingerprint density at radius 1 is 1.03 bits per heavy atom. The number of hydrogen-bond donors (Lipinski definition) is 1. The van der Waals surface area contributed by atoms with Gasteiger partial charge in [-0.2, -0.15) is 4.98 Å². The van der Waals surface area contributed by atoms with Crippen LogP contribution in [0.25, 0.3) is 11.4 Å². The zero-order chi connectivity index (χ0) is 22.1. The lowest BCUT2D eigenvalue weighted by molar-refractivity contribution is -0.114. The molecule has 2 aliphatic rings. The highest BCUT2D eigenvalue weighted by Gasteiger charge is 2.29. The molecule has 1 saturated heterocycles. The summed E-state index contributed by atoms with van der Waals surface area (Å²) in [5.74, 6) is 2.33. The third-order valence-corrected chi connectivity index (χ3v) is 5.66. The van der Waals surface area contributed by atoms with Gasteiger partial charge in [-0.05, 0) is 55.3 Å². The van der Waals surface area contributed by atoms with E-state index in [9.17, 15) is 9.59 Å². The Hall–Kier alpha value is -3.88. The number of carbonyl (C=O) groups is 2. The summed E-state index contributed by atoms with van der Waals surface area (Å²) in [5, 5.41) is 6.84. The number of benzene rings is 2. The van der Waals surface area contributed by atoms with Crippen LogP contribution in [0.5, 0.6) is 11.5 Å². The van der Waals surface area contributed by atoms with Crippen LogP contribution < -0.4 is 14.8 Å². The van der Waals surface area contributed by atoms with Crippen LogP contribution in [0.4, 0.5) is 5.69 Å². The molecule has 2 amide bonds. The van der Waals surface area contributed by atoms with Gasteiger partial charge in [-0.3, -0.25) is 9.59 Å². The summed E-state index contributed by atoms with van der Waals surface area (Å²) in [6.45, 7) is 2.87. The van der Waals surface area contributed by atoms with Gasteiger partial charge in [0.1, 0.15) is 0 Å². The largest absolute Gasteiger partial charge is 0.454 e. The van der Waals surface area contributed by atoms with Crippen LogP contribution in [0.2, 0.25) is 0 Å². The normalized spacial score (nSPS) is 15.6. The number of fused-ring (bicyclic) bond motifs is 1. The molecule has 1 aromatic heterocycles. The molecule has 2 aliphatic heterocycles. The quantitative estimate of drug-likeness (QED) is 0.670. The fraction of sp³-hybridized carbons (Fsp3) is 0.304. The van der Waals surface area contributed by atoms with Gasteiger partial charge < -0.3 is 24.2 Å². The molecule has 164 valence electrons. The molecular weight excluding hydrogens is 412 g/mol. The lowest BCUT2D eigenvalue weighted by Crippen LogP contribution is -2.38. The van der Waals surface area contributed by atoms with Gasteiger partial charge >= 0.3 is 0 Å². The molecule has 0 radical (unpaired) electrons. The predicted octanol–water partition coefficient (Wildman–Crippen LogP) is 3.44. The van der Waals surface area contributed by atoms with Gasteiger partial charge in [-0.25, -0.2) is 0 Å². The Balaban J connectivity index is 1.21. The average molecular weight is 434 g/mol. The van der Waals surface area contributed by atoms with Crippen molar-refractivity contribution < 1.29 is 23.6 Å². The maximum Gasteiger partial charge on any atom is 0.253 e. The van der Waals surface area contributed by atoms with Crippen molar-refractivity contribution in [2.24, 2.45) is 0 Å². The number of anilines is 1. The molecule has 1 fully saturated rings. The molecule has 3 aromatic rings. The number of nitrogens with zero attached hydrogens (tertiary/aromatic N) is 3. The van der Waals surface area contributed by atoms with Crippen LogP contribution in [0.3, 0.4) is 0 Å². The molecule has 0 bridgehead atoms. The van der Waals surface area contributed by atoms with Crippen molar-refractivity contribution in [1.82, 2.24) is 15.0 Å². The lowest BCUT2D eigenvalue weighted by Gasteiger charge is -2.30. The zero-order valence-electron chi connectivity index (χ0n) is 17.5. The number of piperidine rings is 1. The molecule has 9 nitrogen and oxygen atoms in total. The van der Waals surface area contributed by atoms with Crippen molar-refractivity contribution in [2.75, 3.05) is 25.2 Å². The third-order valence-electron chi connectivity index (χ3n) is 5.66. The Kier molecular flexibility index (Phi) is 5.22. The Labute approximate surface area is 184 Å². The molecule has 0 aliphatic carbocycles. The molecule has 0 spiro atoms. The van der Waals surface area contributed by atoms with Crippen molar-refractivity contribution in [3.05, 3.63) is 53.9 Å². The minimum atomic E-state index is -0.122. The molecule has 0 unspecified atom stereocenters. The number of carbonyl (C=O) groups excluding carboxylic acids is 2. The summed E-state index contributed by atoms with van der Waals surface area (Å²) >= 11 is 0. The number of rotatable bonds is 4. The van der Waals surface area contributed by atoms with Crippen LogP contribution in [-0.2, 0) is 4.79 Å². The zero-order valence-corrected chi connectivity index (χ0v) is 17.5. The van der Waals surface area contributed by atoms with Crippen LogP contribution in [0, 0.1) is 0 Å². The highest BCUT2D eigenvalue weighted by Crippen LogP contribution is 2.34. The van der Waals surface area contributed by atoms with Gasteiger partial charge in [0.25, 0.3) is 5.91 Å². The monoisotopic (exact) mass is 434 g/mol. The van der Waals surface area contributed by atoms with E-state index in [-0.39, 0.29) is 24.5 Å². The number of nitrogens with one attached hydrogen (secondary N) is 1. The topological polar surface area (TPSA) is 107 Å². The first-order valence-corrected chi connectivity index (χ1v) is 10.5. The Morgan fingerprint density at radius 2 is 1.78 bits per heavy atom. The van der Waals surface area contributed by atoms with E-state index in [1.54, 1.807) is 30.3 Å². The van der Waals surface area contributed by atoms with Crippen molar-refractivity contribution in [1.29, 1.82) is 0 Å². The van der Waals surface area contributed by atoms with Crippen LogP contribution in [-0.4, -0.2) is 46.7 Å². The van der Waals surface area contributed by atoms with E-state index in [4.69, 9.17) is 14.0 Å². The van der Waals surface area contributed by atoms with E-state index in [1.165, 1.54) is 6.92 Å². The number of ether oxygens (including phenoxy) is 2. The molecular formula is C23H22N4O5. The lowest BCUT2D eigenvalue weighted by atomic mass is 9.96. The number of aromatic nitrogens is 2. The van der Waals surface area contributed by atoms with Crippen molar-refractivity contribution in [3.63, 3.8) is 0 Å². The molecule has 5 rings (SSSR count). The molecule has 0 saturated carbocycles. The Morgan fingerprint density at radius 3 is 2.53 bits per heavy atom. The highest BCUT2D eigenvalue weighted by molar-refractivity contribution is 5.95. The van der Waals surface area contributed by atoms with Crippen molar-refractivity contribution in [2.45, 2.75) is 25.7 Å². The van der Waals surface area contributed by atoms with Crippen molar-refractivity contribution in [3.8, 4) is 22.9 Å². The van der Waals surface area contributed by atoms with Gasteiger partial charge in [0.2, 0.25) is 24.4 Å². The number of hydrogen-bond acceptors (Lipinski definition) is 7. The van der Waals surface area contributed by atoms with Gasteiger partial charge in [-0.15, -0.1) is 0 Å². The van der Waals surface area contributed by atoms with E-state index in [0.29, 0.717) is 47.6 Å². The molecule has 9 heteroatoms. The average Bonchev–Trinajstić information content (AvgIpc) is 3.48. The third kappa shape index (κ3) is 4.01. The molecule has 0 atom stereocenters. The summed E-state index contributed by atoms with van der Waals surface area (Å²) in [5.41, 5.74) is 2.12. The Bertz CT molecular complexity index is 1150. The second kappa shape index (κ2) is 8.33.